The largest absolute Gasteiger partial charge is 0.315 e. The molecule has 17 heavy (non-hydrogen) atoms. The number of rotatable bonds is 4. The van der Waals surface area contributed by atoms with Crippen molar-refractivity contribution in [2.75, 3.05) is 0 Å². The van der Waals surface area contributed by atoms with E-state index in [9.17, 15) is 9.18 Å². The van der Waals surface area contributed by atoms with Crippen molar-refractivity contribution >= 4 is 22.9 Å². The maximum Gasteiger partial charge on any atom is 0.304 e. The van der Waals surface area contributed by atoms with Gasteiger partial charge in [0.25, 0.3) is 0 Å². The van der Waals surface area contributed by atoms with E-state index in [2.05, 4.69) is 10.3 Å². The lowest BCUT2D eigenvalue weighted by Crippen LogP contribution is -2.13. The van der Waals surface area contributed by atoms with Gasteiger partial charge in [0.15, 0.2) is 0 Å². The first-order valence-corrected chi connectivity index (χ1v) is 6.21. The van der Waals surface area contributed by atoms with Crippen molar-refractivity contribution in [3.05, 3.63) is 55.3 Å². The molecule has 3 nitrogen and oxygen atoms in total. The first kappa shape index (κ1) is 12.3. The minimum atomic E-state index is -0.349. The Hall–Kier alpha value is -1.17. The summed E-state index contributed by atoms with van der Waals surface area (Å²) in [6.45, 7) is 1.03. The van der Waals surface area contributed by atoms with Crippen LogP contribution in [-0.4, -0.2) is 4.98 Å². The second-order valence-electron chi connectivity index (χ2n) is 3.55. The lowest BCUT2D eigenvalue weighted by molar-refractivity contribution is 0.619. The molecule has 0 atom stereocenters. The van der Waals surface area contributed by atoms with Gasteiger partial charge in [-0.1, -0.05) is 22.9 Å². The molecule has 0 aliphatic heterocycles. The predicted octanol–water partition coefficient (Wildman–Crippen LogP) is 2.52. The van der Waals surface area contributed by atoms with Crippen molar-refractivity contribution in [1.82, 2.24) is 10.3 Å². The highest BCUT2D eigenvalue weighted by molar-refractivity contribution is 7.07. The molecule has 0 amide bonds. The molecule has 0 unspecified atom stereocenters. The van der Waals surface area contributed by atoms with E-state index in [1.165, 1.54) is 12.1 Å². The summed E-state index contributed by atoms with van der Waals surface area (Å²) in [5.41, 5.74) is 1.59. The molecule has 0 bridgehead atoms. The van der Waals surface area contributed by atoms with Crippen LogP contribution in [0.1, 0.15) is 11.3 Å². The normalized spacial score (nSPS) is 10.7. The summed E-state index contributed by atoms with van der Waals surface area (Å²) in [5.74, 6) is -0.349. The van der Waals surface area contributed by atoms with Crippen LogP contribution in [0.3, 0.4) is 0 Å². The third-order valence-electron chi connectivity index (χ3n) is 2.14. The molecule has 2 rings (SSSR count). The number of benzene rings is 1. The minimum Gasteiger partial charge on any atom is -0.315 e. The van der Waals surface area contributed by atoms with Gasteiger partial charge in [0.2, 0.25) is 0 Å². The summed E-state index contributed by atoms with van der Waals surface area (Å²) >= 11 is 6.86. The number of hydrogen-bond acceptors (Lipinski definition) is 3. The second kappa shape index (κ2) is 5.44. The third-order valence-corrected chi connectivity index (χ3v) is 3.07. The highest BCUT2D eigenvalue weighted by atomic mass is 35.5. The quantitative estimate of drug-likeness (QED) is 0.898. The molecule has 90 valence electrons. The smallest absolute Gasteiger partial charge is 0.304 e. The molecule has 1 aromatic heterocycles. The summed E-state index contributed by atoms with van der Waals surface area (Å²) in [6, 6.07) is 4.39. The molecule has 6 heteroatoms. The van der Waals surface area contributed by atoms with E-state index in [1.807, 2.05) is 0 Å². The fourth-order valence-electron chi connectivity index (χ4n) is 1.46. The number of thiazole rings is 1. The second-order valence-corrected chi connectivity index (χ2v) is 4.83. The summed E-state index contributed by atoms with van der Waals surface area (Å²) in [7, 11) is 0. The van der Waals surface area contributed by atoms with Crippen molar-refractivity contribution in [3.63, 3.8) is 0 Å². The maximum atomic E-state index is 13.0. The molecule has 2 aromatic rings. The molecular weight excluding hydrogens is 263 g/mol. The number of aromatic nitrogens is 1. The molecule has 2 N–H and O–H groups in total. The molecule has 0 aliphatic rings. The molecule has 0 aliphatic carbocycles. The summed E-state index contributed by atoms with van der Waals surface area (Å²) in [6.07, 6.45) is 0. The van der Waals surface area contributed by atoms with E-state index >= 15 is 0 Å². The highest BCUT2D eigenvalue weighted by Crippen LogP contribution is 2.13. The van der Waals surface area contributed by atoms with Gasteiger partial charge in [0.1, 0.15) is 5.82 Å². The Morgan fingerprint density at radius 3 is 2.82 bits per heavy atom. The van der Waals surface area contributed by atoms with Crippen LogP contribution in [0.2, 0.25) is 5.02 Å². The number of halogens is 2. The van der Waals surface area contributed by atoms with Crippen LogP contribution >= 0.6 is 22.9 Å². The molecule has 0 radical (unpaired) electrons. The molecule has 0 saturated heterocycles. The van der Waals surface area contributed by atoms with E-state index in [0.29, 0.717) is 18.1 Å². The van der Waals surface area contributed by atoms with Gasteiger partial charge >= 0.3 is 4.87 Å². The van der Waals surface area contributed by atoms with Crippen molar-refractivity contribution in [1.29, 1.82) is 0 Å². The lowest BCUT2D eigenvalue weighted by Gasteiger charge is -2.04. The molecule has 1 heterocycles. The summed E-state index contributed by atoms with van der Waals surface area (Å²) in [4.78, 5) is 13.5. The van der Waals surface area contributed by atoms with E-state index < -0.39 is 0 Å². The van der Waals surface area contributed by atoms with E-state index in [-0.39, 0.29) is 10.7 Å². The Bertz CT molecular complexity index is 546. The topological polar surface area (TPSA) is 44.9 Å². The van der Waals surface area contributed by atoms with Crippen LogP contribution in [0.4, 0.5) is 4.39 Å². The van der Waals surface area contributed by atoms with Crippen molar-refractivity contribution in [2.45, 2.75) is 13.1 Å². The van der Waals surface area contributed by atoms with Gasteiger partial charge < -0.3 is 10.3 Å². The fourth-order valence-corrected chi connectivity index (χ4v) is 2.28. The third kappa shape index (κ3) is 3.66. The molecule has 0 spiro atoms. The van der Waals surface area contributed by atoms with Crippen molar-refractivity contribution < 1.29 is 4.39 Å². The van der Waals surface area contributed by atoms with Gasteiger partial charge in [-0.2, -0.15) is 0 Å². The number of aromatic amines is 1. The van der Waals surface area contributed by atoms with Crippen LogP contribution in [0, 0.1) is 5.82 Å². The van der Waals surface area contributed by atoms with Crippen LogP contribution in [0.5, 0.6) is 0 Å². The van der Waals surface area contributed by atoms with Crippen molar-refractivity contribution in [3.8, 4) is 0 Å². The van der Waals surface area contributed by atoms with Gasteiger partial charge in [-0.25, -0.2) is 4.39 Å². The van der Waals surface area contributed by atoms with Crippen LogP contribution in [0.15, 0.2) is 28.4 Å². The zero-order chi connectivity index (χ0) is 12.3. The fraction of sp³-hybridized carbons (Fsp3) is 0.182. The Balaban J connectivity index is 1.91. The van der Waals surface area contributed by atoms with Crippen molar-refractivity contribution in [2.24, 2.45) is 0 Å². The number of H-pyrrole nitrogens is 1. The average Bonchev–Trinajstić information content (AvgIpc) is 2.63. The molecular formula is C11H10ClFN2OS. The Morgan fingerprint density at radius 2 is 2.18 bits per heavy atom. The standard InChI is InChI=1S/C11H10ClFN2OS/c12-8-1-7(2-9(13)3-8)4-14-5-10-6-17-11(16)15-10/h1-3,6,14H,4-5H2,(H,15,16). The SMILES string of the molecule is O=c1[nH]c(CNCc2cc(F)cc(Cl)c2)cs1. The van der Waals surface area contributed by atoms with Gasteiger partial charge in [0.05, 0.1) is 0 Å². The first-order chi connectivity index (χ1) is 8.13. The van der Waals surface area contributed by atoms with Crippen LogP contribution < -0.4 is 10.2 Å². The van der Waals surface area contributed by atoms with Gasteiger partial charge in [-0.15, -0.1) is 0 Å². The molecule has 1 aromatic carbocycles. The Kier molecular flexibility index (Phi) is 3.93. The number of hydrogen-bond donors (Lipinski definition) is 2. The van der Waals surface area contributed by atoms with Gasteiger partial charge in [-0.05, 0) is 23.8 Å². The van der Waals surface area contributed by atoms with E-state index in [4.69, 9.17) is 11.6 Å². The highest BCUT2D eigenvalue weighted by Gasteiger charge is 2.00. The van der Waals surface area contributed by atoms with Gasteiger partial charge in [-0.3, -0.25) is 4.79 Å². The Morgan fingerprint density at radius 1 is 1.35 bits per heavy atom. The predicted molar refractivity (Wildman–Crippen MR) is 66.9 cm³/mol. The summed E-state index contributed by atoms with van der Waals surface area (Å²) < 4.78 is 13.0. The minimum absolute atomic E-state index is 0.0735. The number of nitrogens with one attached hydrogen (secondary N) is 2. The maximum absolute atomic E-state index is 13.0. The van der Waals surface area contributed by atoms with Crippen LogP contribution in [0.25, 0.3) is 0 Å². The average molecular weight is 273 g/mol. The first-order valence-electron chi connectivity index (χ1n) is 4.96. The monoisotopic (exact) mass is 272 g/mol. The molecule has 0 saturated carbocycles. The molecule has 0 fully saturated rings. The van der Waals surface area contributed by atoms with E-state index in [0.717, 1.165) is 22.6 Å². The summed E-state index contributed by atoms with van der Waals surface area (Å²) in [5, 5.41) is 5.24. The lowest BCUT2D eigenvalue weighted by atomic mass is 10.2. The Labute approximate surface area is 106 Å². The van der Waals surface area contributed by atoms with E-state index in [1.54, 1.807) is 11.4 Å². The zero-order valence-corrected chi connectivity index (χ0v) is 10.4. The zero-order valence-electron chi connectivity index (χ0n) is 8.80. The van der Waals surface area contributed by atoms with Crippen LogP contribution in [-0.2, 0) is 13.1 Å². The van der Waals surface area contributed by atoms with Gasteiger partial charge in [0, 0.05) is 29.2 Å².